The molecule has 0 aliphatic heterocycles. The molecule has 3 aromatic carbocycles. The molecule has 0 aliphatic carbocycles. The van der Waals surface area contributed by atoms with Crippen molar-refractivity contribution in [3.63, 3.8) is 0 Å². The Bertz CT molecular complexity index is 1510. The number of amides is 2. The van der Waals surface area contributed by atoms with E-state index >= 15 is 0 Å². The van der Waals surface area contributed by atoms with Crippen LogP contribution in [0.2, 0.25) is 10.0 Å². The van der Waals surface area contributed by atoms with Gasteiger partial charge in [0, 0.05) is 27.5 Å². The summed E-state index contributed by atoms with van der Waals surface area (Å²) in [4.78, 5) is 29.4. The van der Waals surface area contributed by atoms with Crippen LogP contribution in [0.25, 0.3) is 11.4 Å². The maximum Gasteiger partial charge on any atom is 0.416 e. The molecule has 0 unspecified atom stereocenters. The predicted octanol–water partition coefficient (Wildman–Crippen LogP) is 7.09. The summed E-state index contributed by atoms with van der Waals surface area (Å²) in [5.41, 5.74) is 1.00. The van der Waals surface area contributed by atoms with Gasteiger partial charge in [0.15, 0.2) is 5.82 Å². The number of alkyl halides is 3. The van der Waals surface area contributed by atoms with Crippen molar-refractivity contribution in [2.75, 3.05) is 16.4 Å². The van der Waals surface area contributed by atoms with Crippen molar-refractivity contribution in [2.45, 2.75) is 18.3 Å². The van der Waals surface area contributed by atoms with Gasteiger partial charge in [-0.25, -0.2) is 4.98 Å². The molecule has 3 N–H and O–H groups in total. The minimum Gasteiger partial charge on any atom is -0.325 e. The zero-order valence-corrected chi connectivity index (χ0v) is 21.8. The molecule has 4 rings (SSSR count). The summed E-state index contributed by atoms with van der Waals surface area (Å²) in [6, 6.07) is 13.9. The van der Waals surface area contributed by atoms with Gasteiger partial charge in [-0.1, -0.05) is 47.1 Å². The Balaban J connectivity index is 1.38. The second-order valence-corrected chi connectivity index (χ2v) is 9.78. The summed E-state index contributed by atoms with van der Waals surface area (Å²) in [5, 5.41) is 13.4. The van der Waals surface area contributed by atoms with Crippen molar-refractivity contribution < 1.29 is 22.8 Å². The highest BCUT2D eigenvalue weighted by Gasteiger charge is 2.30. The van der Waals surface area contributed by atoms with Crippen LogP contribution in [0.15, 0.2) is 65.8 Å². The van der Waals surface area contributed by atoms with E-state index in [0.717, 1.165) is 35.5 Å². The van der Waals surface area contributed by atoms with Crippen LogP contribution < -0.4 is 10.6 Å². The topological polar surface area (TPSA) is 99.8 Å². The molecular weight excluding hydrogens is 562 g/mol. The van der Waals surface area contributed by atoms with Gasteiger partial charge in [-0.3, -0.25) is 14.7 Å². The first-order chi connectivity index (χ1) is 18.0. The van der Waals surface area contributed by atoms with Gasteiger partial charge in [0.05, 0.1) is 16.3 Å². The fraction of sp³-hybridized carbons (Fsp3) is 0.120. The summed E-state index contributed by atoms with van der Waals surface area (Å²) in [7, 11) is 0. The molecule has 0 bridgehead atoms. The molecule has 0 saturated heterocycles. The number of anilines is 2. The first-order valence-corrected chi connectivity index (χ1v) is 12.6. The monoisotopic (exact) mass is 579 g/mol. The predicted molar refractivity (Wildman–Crippen MR) is 142 cm³/mol. The lowest BCUT2D eigenvalue weighted by molar-refractivity contribution is -0.137. The van der Waals surface area contributed by atoms with Gasteiger partial charge in [-0.2, -0.15) is 13.2 Å². The Morgan fingerprint density at radius 2 is 1.82 bits per heavy atom. The lowest BCUT2D eigenvalue weighted by Gasteiger charge is -2.12. The normalized spacial score (nSPS) is 11.3. The maximum absolute atomic E-state index is 13.0. The number of nitrogens with zero attached hydrogens (tertiary/aromatic N) is 2. The highest BCUT2D eigenvalue weighted by atomic mass is 35.5. The van der Waals surface area contributed by atoms with Gasteiger partial charge in [-0.15, -0.1) is 5.10 Å². The van der Waals surface area contributed by atoms with Crippen LogP contribution in [0.4, 0.5) is 24.5 Å². The number of aryl methyl sites for hydroxylation is 1. The molecule has 0 aliphatic rings. The number of rotatable bonds is 7. The van der Waals surface area contributed by atoms with E-state index in [1.807, 2.05) is 0 Å². The van der Waals surface area contributed by atoms with Crippen LogP contribution in [-0.2, 0) is 11.0 Å². The Hall–Kier alpha value is -3.54. The average Bonchev–Trinajstić information content (AvgIpc) is 3.33. The average molecular weight is 580 g/mol. The Morgan fingerprint density at radius 3 is 2.55 bits per heavy atom. The van der Waals surface area contributed by atoms with E-state index in [9.17, 15) is 22.8 Å². The van der Waals surface area contributed by atoms with Crippen molar-refractivity contribution in [1.29, 1.82) is 0 Å². The summed E-state index contributed by atoms with van der Waals surface area (Å²) in [6.07, 6.45) is -4.56. The van der Waals surface area contributed by atoms with Crippen molar-refractivity contribution in [3.8, 4) is 11.4 Å². The van der Waals surface area contributed by atoms with Gasteiger partial charge in [0.1, 0.15) is 0 Å². The minimum absolute atomic E-state index is 0.00803. The Labute approximate surface area is 229 Å². The van der Waals surface area contributed by atoms with Crippen LogP contribution in [0.5, 0.6) is 0 Å². The van der Waals surface area contributed by atoms with E-state index in [1.165, 1.54) is 12.1 Å². The third kappa shape index (κ3) is 6.85. The van der Waals surface area contributed by atoms with Crippen molar-refractivity contribution in [2.24, 2.45) is 0 Å². The third-order valence-electron chi connectivity index (χ3n) is 5.21. The fourth-order valence-electron chi connectivity index (χ4n) is 3.30. The number of carbonyl (C=O) groups is 2. The molecule has 0 radical (unpaired) electrons. The molecule has 2 amide bonds. The van der Waals surface area contributed by atoms with Gasteiger partial charge in [0.25, 0.3) is 5.91 Å². The van der Waals surface area contributed by atoms with Crippen molar-refractivity contribution in [1.82, 2.24) is 15.2 Å². The highest BCUT2D eigenvalue weighted by molar-refractivity contribution is 7.99. The molecule has 0 fully saturated rings. The quantitative estimate of drug-likeness (QED) is 0.203. The van der Waals surface area contributed by atoms with Gasteiger partial charge in [0.2, 0.25) is 11.1 Å². The smallest absolute Gasteiger partial charge is 0.325 e. The number of halogens is 5. The number of aromatic nitrogens is 3. The molecule has 7 nitrogen and oxygen atoms in total. The van der Waals surface area contributed by atoms with E-state index in [-0.39, 0.29) is 17.2 Å². The van der Waals surface area contributed by atoms with E-state index in [2.05, 4.69) is 25.8 Å². The summed E-state index contributed by atoms with van der Waals surface area (Å²) in [5.74, 6) is -0.648. The molecule has 196 valence electrons. The van der Waals surface area contributed by atoms with Crippen molar-refractivity contribution in [3.05, 3.63) is 87.4 Å². The van der Waals surface area contributed by atoms with Crippen LogP contribution in [0.3, 0.4) is 0 Å². The Morgan fingerprint density at radius 1 is 1.03 bits per heavy atom. The molecule has 4 aromatic rings. The maximum atomic E-state index is 13.0. The minimum atomic E-state index is -4.56. The number of nitrogens with one attached hydrogen (secondary N) is 3. The zero-order valence-electron chi connectivity index (χ0n) is 19.5. The van der Waals surface area contributed by atoms with E-state index in [0.29, 0.717) is 38.0 Å². The molecule has 13 heteroatoms. The molecule has 38 heavy (non-hydrogen) atoms. The third-order valence-corrected chi connectivity index (χ3v) is 6.60. The number of aromatic amines is 1. The number of thioether (sulfide) groups is 1. The summed E-state index contributed by atoms with van der Waals surface area (Å²) >= 11 is 13.2. The second kappa shape index (κ2) is 11.5. The van der Waals surface area contributed by atoms with Gasteiger partial charge < -0.3 is 10.6 Å². The number of H-pyrrole nitrogens is 1. The van der Waals surface area contributed by atoms with Crippen molar-refractivity contribution >= 4 is 58.2 Å². The summed E-state index contributed by atoms with van der Waals surface area (Å²) in [6.45, 7) is 1.76. The van der Waals surface area contributed by atoms with E-state index < -0.39 is 17.6 Å². The van der Waals surface area contributed by atoms with Gasteiger partial charge in [-0.05, 0) is 61.0 Å². The number of hydrogen-bond acceptors (Lipinski definition) is 5. The summed E-state index contributed by atoms with van der Waals surface area (Å²) < 4.78 is 38.9. The first kappa shape index (κ1) is 27.5. The molecule has 0 spiro atoms. The van der Waals surface area contributed by atoms with Crippen LogP contribution in [-0.4, -0.2) is 32.7 Å². The standard InChI is InChI=1S/C25H18Cl2F3N5O2S/c1-13-5-7-17(31-23(37)14-3-2-4-15(9-14)25(28,29)30)11-20(13)32-21(36)12-38-24-33-22(34-35-24)18-8-6-16(26)10-19(18)27/h2-11H,12H2,1H3,(H,31,37)(H,32,36)(H,33,34,35). The lowest BCUT2D eigenvalue weighted by atomic mass is 10.1. The van der Waals surface area contributed by atoms with Gasteiger partial charge >= 0.3 is 6.18 Å². The molecule has 0 saturated carbocycles. The number of carbonyl (C=O) groups excluding carboxylic acids is 2. The second-order valence-electron chi connectivity index (χ2n) is 7.99. The molecule has 1 aromatic heterocycles. The molecule has 1 heterocycles. The van der Waals surface area contributed by atoms with Crippen LogP contribution in [0, 0.1) is 6.92 Å². The molecular formula is C25H18Cl2F3N5O2S. The largest absolute Gasteiger partial charge is 0.416 e. The number of benzene rings is 3. The van der Waals surface area contributed by atoms with Crippen LogP contribution in [0.1, 0.15) is 21.5 Å². The van der Waals surface area contributed by atoms with E-state index in [4.69, 9.17) is 23.2 Å². The number of hydrogen-bond donors (Lipinski definition) is 3. The zero-order chi connectivity index (χ0) is 27.4. The lowest BCUT2D eigenvalue weighted by Crippen LogP contribution is -2.16. The Kier molecular flexibility index (Phi) is 8.29. The SMILES string of the molecule is Cc1ccc(NC(=O)c2cccc(C(F)(F)F)c2)cc1NC(=O)CSc1n[nH]c(-c2ccc(Cl)cc2Cl)n1. The molecule has 0 atom stereocenters. The highest BCUT2D eigenvalue weighted by Crippen LogP contribution is 2.31. The van der Waals surface area contributed by atoms with E-state index in [1.54, 1.807) is 37.3 Å². The fourth-order valence-corrected chi connectivity index (χ4v) is 4.40. The first-order valence-electron chi connectivity index (χ1n) is 10.9. The van der Waals surface area contributed by atoms with Crippen LogP contribution >= 0.6 is 35.0 Å².